The van der Waals surface area contributed by atoms with Crippen LogP contribution in [0.5, 0.6) is 0 Å². The fraction of sp³-hybridized carbons (Fsp3) is 0.600. The normalized spacial score (nSPS) is 25.1. The maximum absolute atomic E-state index is 12.5. The lowest BCUT2D eigenvalue weighted by atomic mass is 9.71. The van der Waals surface area contributed by atoms with Crippen LogP contribution in [0.3, 0.4) is 0 Å². The lowest BCUT2D eigenvalue weighted by Gasteiger charge is -2.37. The van der Waals surface area contributed by atoms with Gasteiger partial charge >= 0.3 is 0 Å². The number of carbonyl (C=O) groups is 1. The fourth-order valence-corrected chi connectivity index (χ4v) is 3.58. The molecule has 0 saturated carbocycles. The summed E-state index contributed by atoms with van der Waals surface area (Å²) in [4.78, 5) is 18.5. The Bertz CT molecular complexity index is 471. The Kier molecular flexibility index (Phi) is 3.72. The van der Waals surface area contributed by atoms with Crippen molar-refractivity contribution in [1.82, 2.24) is 15.2 Å². The average Bonchev–Trinajstić information content (AvgIpc) is 2.86. The topological polar surface area (TPSA) is 65.5 Å². The number of piperidine rings is 1. The number of nitrogens with one attached hydrogen (secondary N) is 1. The second-order valence-electron chi connectivity index (χ2n) is 5.89. The van der Waals surface area contributed by atoms with Gasteiger partial charge in [0, 0.05) is 31.8 Å². The van der Waals surface area contributed by atoms with Crippen molar-refractivity contribution in [3.63, 3.8) is 0 Å². The second kappa shape index (κ2) is 5.50. The molecule has 2 N–H and O–H groups in total. The van der Waals surface area contributed by atoms with Gasteiger partial charge in [0.2, 0.25) is 0 Å². The van der Waals surface area contributed by atoms with Gasteiger partial charge < -0.3 is 15.3 Å². The van der Waals surface area contributed by atoms with E-state index in [2.05, 4.69) is 10.3 Å². The summed E-state index contributed by atoms with van der Waals surface area (Å²) in [5.74, 6) is 0.178. The number of aromatic nitrogens is 1. The van der Waals surface area contributed by atoms with Gasteiger partial charge in [0.1, 0.15) is 5.69 Å². The summed E-state index contributed by atoms with van der Waals surface area (Å²) in [7, 11) is 0. The van der Waals surface area contributed by atoms with E-state index in [0.29, 0.717) is 12.2 Å². The van der Waals surface area contributed by atoms with Gasteiger partial charge in [-0.1, -0.05) is 6.07 Å². The van der Waals surface area contributed by atoms with Crippen LogP contribution in [0, 0.1) is 11.3 Å². The number of aliphatic hydroxyl groups excluding tert-OH is 1. The molecule has 0 aliphatic carbocycles. The van der Waals surface area contributed by atoms with Crippen LogP contribution < -0.4 is 5.32 Å². The molecule has 0 bridgehead atoms. The highest BCUT2D eigenvalue weighted by Gasteiger charge is 2.47. The molecule has 2 saturated heterocycles. The van der Waals surface area contributed by atoms with E-state index in [1.807, 2.05) is 17.0 Å². The van der Waals surface area contributed by atoms with Crippen molar-refractivity contribution in [3.05, 3.63) is 30.1 Å². The van der Waals surface area contributed by atoms with Crippen molar-refractivity contribution in [3.8, 4) is 0 Å². The number of hydrogen-bond acceptors (Lipinski definition) is 4. The maximum atomic E-state index is 12.5. The lowest BCUT2D eigenvalue weighted by Crippen LogP contribution is -2.43. The zero-order valence-electron chi connectivity index (χ0n) is 11.6. The van der Waals surface area contributed by atoms with E-state index in [4.69, 9.17) is 0 Å². The first kappa shape index (κ1) is 13.5. The summed E-state index contributed by atoms with van der Waals surface area (Å²) in [5, 5.41) is 13.0. The number of carbonyl (C=O) groups excluding carboxylic acids is 1. The van der Waals surface area contributed by atoms with Gasteiger partial charge in [-0.25, -0.2) is 0 Å². The van der Waals surface area contributed by atoms with Gasteiger partial charge in [-0.05, 0) is 43.5 Å². The maximum Gasteiger partial charge on any atom is 0.272 e. The molecule has 2 aliphatic rings. The lowest BCUT2D eigenvalue weighted by molar-refractivity contribution is 0.0750. The largest absolute Gasteiger partial charge is 0.396 e. The molecule has 3 heterocycles. The molecule has 108 valence electrons. The molecule has 1 aromatic rings. The van der Waals surface area contributed by atoms with Gasteiger partial charge in [-0.3, -0.25) is 9.78 Å². The van der Waals surface area contributed by atoms with Gasteiger partial charge in [-0.2, -0.15) is 0 Å². The van der Waals surface area contributed by atoms with Crippen molar-refractivity contribution < 1.29 is 9.90 Å². The highest BCUT2D eigenvalue weighted by atomic mass is 16.3. The highest BCUT2D eigenvalue weighted by molar-refractivity contribution is 5.92. The molecule has 1 spiro atoms. The summed E-state index contributed by atoms with van der Waals surface area (Å²) in [6, 6.07) is 5.40. The molecule has 20 heavy (non-hydrogen) atoms. The number of pyridine rings is 1. The second-order valence-corrected chi connectivity index (χ2v) is 5.89. The molecule has 2 fully saturated rings. The average molecular weight is 275 g/mol. The Morgan fingerprint density at radius 2 is 2.25 bits per heavy atom. The number of likely N-dealkylation sites (tertiary alicyclic amines) is 1. The number of amides is 1. The van der Waals surface area contributed by atoms with Crippen molar-refractivity contribution in [2.24, 2.45) is 11.3 Å². The Hall–Kier alpha value is -1.46. The standard InChI is InChI=1S/C15H21N3O2/c19-10-12-9-18(11-15(12)4-7-16-8-5-15)14(20)13-3-1-2-6-17-13/h1-3,6,12,16,19H,4-5,7-11H2. The molecule has 5 nitrogen and oxygen atoms in total. The third kappa shape index (κ3) is 2.31. The zero-order chi connectivity index (χ0) is 14.0. The van der Waals surface area contributed by atoms with Crippen LogP contribution in [-0.2, 0) is 0 Å². The van der Waals surface area contributed by atoms with E-state index in [-0.39, 0.29) is 23.8 Å². The molecule has 5 heteroatoms. The smallest absolute Gasteiger partial charge is 0.272 e. The number of aliphatic hydroxyl groups is 1. The molecule has 2 aliphatic heterocycles. The van der Waals surface area contributed by atoms with E-state index >= 15 is 0 Å². The molecule has 1 unspecified atom stereocenters. The van der Waals surface area contributed by atoms with E-state index in [0.717, 1.165) is 32.5 Å². The van der Waals surface area contributed by atoms with Crippen molar-refractivity contribution >= 4 is 5.91 Å². The fourth-order valence-electron chi connectivity index (χ4n) is 3.58. The van der Waals surface area contributed by atoms with Crippen molar-refractivity contribution in [2.75, 3.05) is 32.8 Å². The predicted octanol–water partition coefficient (Wildman–Crippen LogP) is 0.516. The van der Waals surface area contributed by atoms with E-state index in [1.54, 1.807) is 12.3 Å². The Morgan fingerprint density at radius 3 is 2.90 bits per heavy atom. The Balaban J connectivity index is 1.78. The van der Waals surface area contributed by atoms with Crippen LogP contribution in [0.15, 0.2) is 24.4 Å². The third-order valence-electron chi connectivity index (χ3n) is 4.80. The van der Waals surface area contributed by atoms with Gasteiger partial charge in [0.25, 0.3) is 5.91 Å². The highest BCUT2D eigenvalue weighted by Crippen LogP contribution is 2.43. The van der Waals surface area contributed by atoms with Crippen LogP contribution in [0.2, 0.25) is 0 Å². The summed E-state index contributed by atoms with van der Waals surface area (Å²) >= 11 is 0. The quantitative estimate of drug-likeness (QED) is 0.825. The Labute approximate surface area is 119 Å². The molecule has 1 aromatic heterocycles. The summed E-state index contributed by atoms with van der Waals surface area (Å²) in [6.45, 7) is 3.50. The molecule has 3 rings (SSSR count). The van der Waals surface area contributed by atoms with E-state index < -0.39 is 0 Å². The van der Waals surface area contributed by atoms with Crippen LogP contribution in [0.25, 0.3) is 0 Å². The van der Waals surface area contributed by atoms with Crippen molar-refractivity contribution in [1.29, 1.82) is 0 Å². The first-order chi connectivity index (χ1) is 9.75. The summed E-state index contributed by atoms with van der Waals surface area (Å²) < 4.78 is 0. The SMILES string of the molecule is O=C(c1ccccn1)N1CC(CO)C2(CCNCC2)C1. The monoisotopic (exact) mass is 275 g/mol. The molecule has 1 atom stereocenters. The first-order valence-corrected chi connectivity index (χ1v) is 7.27. The summed E-state index contributed by atoms with van der Waals surface area (Å²) in [5.41, 5.74) is 0.583. The van der Waals surface area contributed by atoms with E-state index in [1.165, 1.54) is 0 Å². The first-order valence-electron chi connectivity index (χ1n) is 7.27. The molecular weight excluding hydrogens is 254 g/mol. The number of hydrogen-bond donors (Lipinski definition) is 2. The third-order valence-corrected chi connectivity index (χ3v) is 4.80. The summed E-state index contributed by atoms with van der Waals surface area (Å²) in [6.07, 6.45) is 3.71. The van der Waals surface area contributed by atoms with Gasteiger partial charge in [0.05, 0.1) is 0 Å². The van der Waals surface area contributed by atoms with Crippen LogP contribution in [-0.4, -0.2) is 53.7 Å². The minimum Gasteiger partial charge on any atom is -0.396 e. The van der Waals surface area contributed by atoms with Crippen molar-refractivity contribution in [2.45, 2.75) is 12.8 Å². The van der Waals surface area contributed by atoms with Crippen LogP contribution in [0.4, 0.5) is 0 Å². The molecule has 1 amide bonds. The predicted molar refractivity (Wildman–Crippen MR) is 75.3 cm³/mol. The molecule has 0 aromatic carbocycles. The zero-order valence-corrected chi connectivity index (χ0v) is 11.6. The minimum absolute atomic E-state index is 0.0144. The van der Waals surface area contributed by atoms with Gasteiger partial charge in [0.15, 0.2) is 0 Å². The minimum atomic E-state index is -0.0144. The number of rotatable bonds is 2. The van der Waals surface area contributed by atoms with Crippen LogP contribution in [0.1, 0.15) is 23.3 Å². The van der Waals surface area contributed by atoms with Crippen LogP contribution >= 0.6 is 0 Å². The molecule has 0 radical (unpaired) electrons. The Morgan fingerprint density at radius 1 is 1.45 bits per heavy atom. The molecular formula is C15H21N3O2. The van der Waals surface area contributed by atoms with Gasteiger partial charge in [-0.15, -0.1) is 0 Å². The van der Waals surface area contributed by atoms with E-state index in [9.17, 15) is 9.90 Å². The number of nitrogens with zero attached hydrogens (tertiary/aromatic N) is 2.